The minimum atomic E-state index is -0.985. The summed E-state index contributed by atoms with van der Waals surface area (Å²) in [5, 5.41) is 16.2. The number of piperidine rings is 1. The molecule has 6 aliphatic rings. The number of fused-ring (bicyclic) bond motifs is 4. The molecule has 5 aromatic rings. The molecule has 1 atom stereocenters. The Morgan fingerprint density at radius 2 is 1.63 bits per heavy atom. The van der Waals surface area contributed by atoms with Gasteiger partial charge in [-0.15, -0.1) is 0 Å². The fraction of sp³-hybridized carbons (Fsp3) is 0.400. The van der Waals surface area contributed by atoms with Crippen molar-refractivity contribution < 1.29 is 29.1 Å². The number of aryl methyl sites for hydroxylation is 1. The van der Waals surface area contributed by atoms with Crippen LogP contribution in [0.3, 0.4) is 0 Å². The van der Waals surface area contributed by atoms with Crippen molar-refractivity contribution in [3.8, 4) is 11.1 Å². The van der Waals surface area contributed by atoms with Crippen LogP contribution in [0.4, 0.5) is 23.0 Å². The molecule has 11 rings (SSSR count). The van der Waals surface area contributed by atoms with Gasteiger partial charge in [0.2, 0.25) is 11.8 Å². The third kappa shape index (κ3) is 7.56. The second-order valence-electron chi connectivity index (χ2n) is 19.7. The number of likely N-dealkylation sites (tertiary alicyclic amines) is 1. The second kappa shape index (κ2) is 16.6. The van der Waals surface area contributed by atoms with Gasteiger partial charge < -0.3 is 24.5 Å². The number of carbonyl (C=O) groups is 5. The number of benzene rings is 1. The number of aliphatic hydroxyl groups is 1. The van der Waals surface area contributed by atoms with Crippen molar-refractivity contribution in [3.63, 3.8) is 0 Å². The quantitative estimate of drug-likeness (QED) is 0.173. The summed E-state index contributed by atoms with van der Waals surface area (Å²) in [6, 6.07) is 14.2. The van der Waals surface area contributed by atoms with Gasteiger partial charge in [-0.3, -0.25) is 53.7 Å². The third-order valence-corrected chi connectivity index (χ3v) is 14.6. The number of rotatable bonds is 10. The van der Waals surface area contributed by atoms with Crippen LogP contribution in [0.25, 0.3) is 11.1 Å². The van der Waals surface area contributed by atoms with Crippen LogP contribution in [0.15, 0.2) is 71.9 Å². The summed E-state index contributed by atoms with van der Waals surface area (Å²) in [5.74, 6) is -1.23. The molecule has 1 unspecified atom stereocenters. The lowest BCUT2D eigenvalue weighted by Gasteiger charge is -2.48. The number of piperazine rings is 1. The molecule has 1 aromatic carbocycles. The Labute approximate surface area is 392 Å². The number of carbonyl (C=O) groups excluding carboxylic acids is 5. The van der Waals surface area contributed by atoms with Crippen molar-refractivity contribution in [2.75, 3.05) is 60.9 Å². The van der Waals surface area contributed by atoms with Crippen LogP contribution in [-0.2, 0) is 49.2 Å². The predicted octanol–water partition coefficient (Wildman–Crippen LogP) is 3.07. The van der Waals surface area contributed by atoms with Crippen molar-refractivity contribution in [1.82, 2.24) is 39.1 Å². The Bertz CT molecular complexity index is 3000. The van der Waals surface area contributed by atoms with Gasteiger partial charge in [0, 0.05) is 108 Å². The molecule has 0 radical (unpaired) electrons. The minimum absolute atomic E-state index is 0.0805. The van der Waals surface area contributed by atoms with Crippen LogP contribution < -0.4 is 26.0 Å². The highest BCUT2D eigenvalue weighted by molar-refractivity contribution is 6.23. The lowest BCUT2D eigenvalue weighted by molar-refractivity contribution is -0.136. The van der Waals surface area contributed by atoms with Gasteiger partial charge in [-0.05, 0) is 83.8 Å². The lowest BCUT2D eigenvalue weighted by atomic mass is 9.90. The predicted molar refractivity (Wildman–Crippen MR) is 252 cm³/mol. The summed E-state index contributed by atoms with van der Waals surface area (Å²) in [5.41, 5.74) is 7.72. The largest absolute Gasteiger partial charge is 0.392 e. The van der Waals surface area contributed by atoms with E-state index in [2.05, 4.69) is 48.7 Å². The molecule has 9 heterocycles. The number of amides is 5. The highest BCUT2D eigenvalue weighted by Crippen LogP contribution is 2.40. The van der Waals surface area contributed by atoms with Crippen LogP contribution in [-0.4, -0.2) is 126 Å². The molecule has 3 N–H and O–H groups in total. The summed E-state index contributed by atoms with van der Waals surface area (Å²) in [6.07, 6.45) is 7.26. The number of imide groups is 2. The van der Waals surface area contributed by atoms with E-state index < -0.39 is 29.7 Å². The standard InChI is InChI=1S/C50H53N11O7/c1-50(2)21-30-20-40-49(68)60(17-16-59(40)41(30)22-50)44-37(28-62)34(10-11-51-44)31-19-38(48(67)55(3)25-31)53-42-8-5-32(23-52-42)57-12-14-58(15-13-57)33-26-56(27-33)24-29-4-6-35-36(18-29)47(66)61(46(35)65)39-7-9-43(63)54-45(39)64/h4-6,8,10-11,18-20,23,25,33,39,62H,7,9,12-17,21-22,24,26-28H2,1-3H3,(H,52,53)(H,54,63,64). The van der Waals surface area contributed by atoms with Gasteiger partial charge in [-0.1, -0.05) is 19.9 Å². The highest BCUT2D eigenvalue weighted by atomic mass is 16.3. The van der Waals surface area contributed by atoms with E-state index in [4.69, 9.17) is 4.98 Å². The Hall–Kier alpha value is -7.02. The van der Waals surface area contributed by atoms with E-state index in [0.717, 1.165) is 68.3 Å². The number of nitrogens with zero attached hydrogens (tertiary/aromatic N) is 9. The van der Waals surface area contributed by atoms with Crippen molar-refractivity contribution in [1.29, 1.82) is 0 Å². The fourth-order valence-corrected chi connectivity index (χ4v) is 11.1. The first-order chi connectivity index (χ1) is 32.7. The number of aliphatic hydroxyl groups excluding tert-OH is 1. The molecule has 5 aliphatic heterocycles. The zero-order valence-electron chi connectivity index (χ0n) is 38.3. The van der Waals surface area contributed by atoms with Gasteiger partial charge in [0.25, 0.3) is 23.3 Å². The molecule has 5 amide bonds. The molecule has 0 spiro atoms. The first kappa shape index (κ1) is 43.5. The average Bonchev–Trinajstić information content (AvgIpc) is 3.90. The Morgan fingerprint density at radius 1 is 0.838 bits per heavy atom. The van der Waals surface area contributed by atoms with E-state index in [1.54, 1.807) is 48.6 Å². The van der Waals surface area contributed by atoms with Gasteiger partial charge in [-0.2, -0.15) is 0 Å². The SMILES string of the molecule is Cn1cc(-c2ccnc(N3CCn4c(cc5c4CC(C)(C)C5)C3=O)c2CO)cc(Nc2ccc(N3CCN(C4CN(Cc5ccc6c(c5)C(=O)N(C5CCC(=O)NC5=O)C6=O)C4)CC3)cn2)c1=O. The van der Waals surface area contributed by atoms with Crippen molar-refractivity contribution in [2.45, 2.75) is 71.3 Å². The van der Waals surface area contributed by atoms with Gasteiger partial charge in [0.1, 0.15) is 29.1 Å². The van der Waals surface area contributed by atoms with E-state index in [9.17, 15) is 33.9 Å². The Balaban J connectivity index is 0.698. The molecule has 3 fully saturated rings. The zero-order chi connectivity index (χ0) is 47.2. The number of anilines is 4. The maximum absolute atomic E-state index is 14.0. The maximum Gasteiger partial charge on any atom is 0.276 e. The first-order valence-electron chi connectivity index (χ1n) is 23.4. The van der Waals surface area contributed by atoms with Crippen LogP contribution in [0.1, 0.15) is 80.3 Å². The molecular formula is C50H53N11O7. The smallest absolute Gasteiger partial charge is 0.276 e. The second-order valence-corrected chi connectivity index (χ2v) is 19.7. The van der Waals surface area contributed by atoms with E-state index in [1.165, 1.54) is 15.8 Å². The molecule has 4 aromatic heterocycles. The normalized spacial score (nSPS) is 20.7. The van der Waals surface area contributed by atoms with Crippen LogP contribution in [0, 0.1) is 5.41 Å². The van der Waals surface area contributed by atoms with E-state index in [0.29, 0.717) is 70.9 Å². The molecule has 18 heteroatoms. The first-order valence-corrected chi connectivity index (χ1v) is 23.4. The molecule has 0 bridgehead atoms. The summed E-state index contributed by atoms with van der Waals surface area (Å²) >= 11 is 0. The van der Waals surface area contributed by atoms with Gasteiger partial charge in [0.05, 0.1) is 29.6 Å². The monoisotopic (exact) mass is 919 g/mol. The van der Waals surface area contributed by atoms with Crippen LogP contribution in [0.5, 0.6) is 0 Å². The molecule has 18 nitrogen and oxygen atoms in total. The number of hydrogen-bond donors (Lipinski definition) is 3. The van der Waals surface area contributed by atoms with E-state index in [-0.39, 0.29) is 41.9 Å². The summed E-state index contributed by atoms with van der Waals surface area (Å²) in [4.78, 5) is 97.0. The molecular weight excluding hydrogens is 867 g/mol. The zero-order valence-corrected chi connectivity index (χ0v) is 38.3. The molecule has 0 saturated carbocycles. The third-order valence-electron chi connectivity index (χ3n) is 14.6. The fourth-order valence-electron chi connectivity index (χ4n) is 11.1. The van der Waals surface area contributed by atoms with E-state index in [1.807, 2.05) is 30.5 Å². The van der Waals surface area contributed by atoms with Crippen LogP contribution >= 0.6 is 0 Å². The summed E-state index contributed by atoms with van der Waals surface area (Å²) in [6.45, 7) is 11.1. The van der Waals surface area contributed by atoms with Crippen LogP contribution in [0.2, 0.25) is 0 Å². The lowest BCUT2D eigenvalue weighted by Crippen LogP contribution is -2.62. The van der Waals surface area contributed by atoms with Crippen molar-refractivity contribution in [3.05, 3.63) is 117 Å². The minimum Gasteiger partial charge on any atom is -0.392 e. The average molecular weight is 920 g/mol. The van der Waals surface area contributed by atoms with E-state index >= 15 is 0 Å². The molecule has 3 saturated heterocycles. The van der Waals surface area contributed by atoms with Gasteiger partial charge >= 0.3 is 0 Å². The number of aromatic nitrogens is 4. The summed E-state index contributed by atoms with van der Waals surface area (Å²) in [7, 11) is 1.68. The number of hydrogen-bond acceptors (Lipinski definition) is 13. The Kier molecular flexibility index (Phi) is 10.7. The molecule has 1 aliphatic carbocycles. The van der Waals surface area contributed by atoms with Gasteiger partial charge in [0.15, 0.2) is 0 Å². The molecule has 350 valence electrons. The summed E-state index contributed by atoms with van der Waals surface area (Å²) < 4.78 is 3.65. The highest BCUT2D eigenvalue weighted by Gasteiger charge is 2.45. The molecule has 68 heavy (non-hydrogen) atoms. The van der Waals surface area contributed by atoms with Crippen molar-refractivity contribution in [2.24, 2.45) is 12.5 Å². The van der Waals surface area contributed by atoms with Gasteiger partial charge in [-0.25, -0.2) is 9.97 Å². The number of pyridine rings is 3. The maximum atomic E-state index is 14.0. The topological polar surface area (TPSA) is 199 Å². The number of nitrogens with one attached hydrogen (secondary N) is 2. The Morgan fingerprint density at radius 3 is 2.38 bits per heavy atom. The van der Waals surface area contributed by atoms with Crippen molar-refractivity contribution >= 4 is 52.5 Å².